The molecule has 1 aromatic carbocycles. The van der Waals surface area contributed by atoms with Gasteiger partial charge in [-0.05, 0) is 24.3 Å². The van der Waals surface area contributed by atoms with Gasteiger partial charge in [-0.3, -0.25) is 0 Å². The van der Waals surface area contributed by atoms with Gasteiger partial charge in [0, 0.05) is 29.9 Å². The van der Waals surface area contributed by atoms with Gasteiger partial charge in [0.1, 0.15) is 5.84 Å². The summed E-state index contributed by atoms with van der Waals surface area (Å²) in [6, 6.07) is 5.85. The standard InChI is InChI=1S/C13H11N3O2S/c1-2-6-16-12(3-1)15-19-13(16)14-9-4-5-10-11(7-9)18-8-17-10/h1-7,13-14H,8H2. The van der Waals surface area contributed by atoms with Crippen LogP contribution in [0.3, 0.4) is 0 Å². The van der Waals surface area contributed by atoms with Crippen molar-refractivity contribution >= 4 is 23.5 Å². The summed E-state index contributed by atoms with van der Waals surface area (Å²) >= 11 is 1.50. The van der Waals surface area contributed by atoms with Crippen molar-refractivity contribution in [3.05, 3.63) is 42.6 Å². The molecule has 96 valence electrons. The minimum atomic E-state index is 0.0663. The molecule has 1 unspecified atom stereocenters. The number of rotatable bonds is 2. The molecule has 0 saturated heterocycles. The first kappa shape index (κ1) is 10.8. The normalized spacial score (nSPS) is 22.4. The van der Waals surface area contributed by atoms with E-state index < -0.39 is 0 Å². The maximum Gasteiger partial charge on any atom is 0.231 e. The lowest BCUT2D eigenvalue weighted by Crippen LogP contribution is -2.34. The summed E-state index contributed by atoms with van der Waals surface area (Å²) in [4.78, 5) is 2.09. The summed E-state index contributed by atoms with van der Waals surface area (Å²) in [5.41, 5.74) is 1.05. The highest BCUT2D eigenvalue weighted by Crippen LogP contribution is 2.36. The van der Waals surface area contributed by atoms with E-state index in [-0.39, 0.29) is 5.50 Å². The van der Waals surface area contributed by atoms with Gasteiger partial charge in [0.15, 0.2) is 17.0 Å². The molecule has 1 aromatic rings. The number of hydrogen-bond acceptors (Lipinski definition) is 6. The second kappa shape index (κ2) is 4.24. The Morgan fingerprint density at radius 2 is 2.21 bits per heavy atom. The van der Waals surface area contributed by atoms with Crippen molar-refractivity contribution < 1.29 is 9.47 Å². The average Bonchev–Trinajstić information content (AvgIpc) is 3.06. The molecule has 0 radical (unpaired) electrons. The number of anilines is 1. The smallest absolute Gasteiger partial charge is 0.231 e. The molecule has 3 aliphatic heterocycles. The summed E-state index contributed by atoms with van der Waals surface area (Å²) in [6.45, 7) is 0.296. The maximum absolute atomic E-state index is 5.37. The van der Waals surface area contributed by atoms with Gasteiger partial charge in [-0.1, -0.05) is 6.08 Å². The first-order chi connectivity index (χ1) is 9.40. The topological polar surface area (TPSA) is 46.1 Å². The highest BCUT2D eigenvalue weighted by atomic mass is 32.2. The van der Waals surface area contributed by atoms with Crippen molar-refractivity contribution in [3.63, 3.8) is 0 Å². The van der Waals surface area contributed by atoms with Crippen LogP contribution in [0, 0.1) is 0 Å². The van der Waals surface area contributed by atoms with Crippen LogP contribution < -0.4 is 14.8 Å². The highest BCUT2D eigenvalue weighted by molar-refractivity contribution is 7.99. The summed E-state index contributed by atoms with van der Waals surface area (Å²) in [7, 11) is 0. The van der Waals surface area contributed by atoms with Crippen LogP contribution in [0.1, 0.15) is 0 Å². The molecule has 1 N–H and O–H groups in total. The number of nitrogens with one attached hydrogen (secondary N) is 1. The van der Waals surface area contributed by atoms with Crippen LogP contribution in [0.4, 0.5) is 5.69 Å². The SMILES string of the molecule is C1=CC2=NSC(Nc3ccc4c(c3)OCO4)N2C=C1. The van der Waals surface area contributed by atoms with E-state index in [0.29, 0.717) is 6.79 Å². The molecule has 19 heavy (non-hydrogen) atoms. The fourth-order valence-electron chi connectivity index (χ4n) is 2.10. The zero-order valence-electron chi connectivity index (χ0n) is 9.95. The number of hydrogen-bond donors (Lipinski definition) is 1. The predicted octanol–water partition coefficient (Wildman–Crippen LogP) is 2.56. The molecule has 3 aliphatic rings. The largest absolute Gasteiger partial charge is 0.454 e. The molecule has 3 heterocycles. The average molecular weight is 273 g/mol. The molecule has 0 aliphatic carbocycles. The predicted molar refractivity (Wildman–Crippen MR) is 75.1 cm³/mol. The van der Waals surface area contributed by atoms with Crippen LogP contribution in [0.15, 0.2) is 47.0 Å². The van der Waals surface area contributed by atoms with Gasteiger partial charge in [-0.2, -0.15) is 4.40 Å². The van der Waals surface area contributed by atoms with Gasteiger partial charge in [0.25, 0.3) is 0 Å². The number of amidine groups is 1. The minimum Gasteiger partial charge on any atom is -0.454 e. The molecular weight excluding hydrogens is 262 g/mol. The van der Waals surface area contributed by atoms with E-state index in [1.807, 2.05) is 42.6 Å². The van der Waals surface area contributed by atoms with E-state index >= 15 is 0 Å². The highest BCUT2D eigenvalue weighted by Gasteiger charge is 2.27. The molecule has 0 spiro atoms. The molecule has 1 atom stereocenters. The fraction of sp³-hybridized carbons (Fsp3) is 0.154. The lowest BCUT2D eigenvalue weighted by Gasteiger charge is -2.24. The third-order valence-electron chi connectivity index (χ3n) is 3.03. The zero-order chi connectivity index (χ0) is 12.7. The van der Waals surface area contributed by atoms with Gasteiger partial charge in [-0.25, -0.2) is 0 Å². The molecule has 4 rings (SSSR count). The lowest BCUT2D eigenvalue weighted by molar-refractivity contribution is 0.174. The first-order valence-corrected chi connectivity index (χ1v) is 6.77. The van der Waals surface area contributed by atoms with E-state index in [1.165, 1.54) is 11.9 Å². The minimum absolute atomic E-state index is 0.0663. The summed E-state index contributed by atoms with van der Waals surface area (Å²) in [6.07, 6.45) is 8.00. The van der Waals surface area contributed by atoms with Crippen LogP contribution in [0.5, 0.6) is 11.5 Å². The second-order valence-electron chi connectivity index (χ2n) is 4.23. The van der Waals surface area contributed by atoms with Gasteiger partial charge in [0.2, 0.25) is 6.79 Å². The Morgan fingerprint density at radius 3 is 3.21 bits per heavy atom. The van der Waals surface area contributed by atoms with Crippen LogP contribution in [-0.4, -0.2) is 23.0 Å². The molecule has 0 fully saturated rings. The first-order valence-electron chi connectivity index (χ1n) is 5.93. The van der Waals surface area contributed by atoms with Crippen molar-refractivity contribution in [2.24, 2.45) is 4.40 Å². The van der Waals surface area contributed by atoms with E-state index in [2.05, 4.69) is 14.6 Å². The number of fused-ring (bicyclic) bond motifs is 2. The van der Waals surface area contributed by atoms with E-state index in [1.54, 1.807) is 0 Å². The quantitative estimate of drug-likeness (QED) is 0.839. The van der Waals surface area contributed by atoms with E-state index in [4.69, 9.17) is 9.47 Å². The van der Waals surface area contributed by atoms with Gasteiger partial charge >= 0.3 is 0 Å². The zero-order valence-corrected chi connectivity index (χ0v) is 10.8. The Balaban J connectivity index is 1.53. The van der Waals surface area contributed by atoms with Gasteiger partial charge in [0.05, 0.1) is 0 Å². The summed E-state index contributed by atoms with van der Waals surface area (Å²) in [5, 5.41) is 3.42. The van der Waals surface area contributed by atoms with Crippen LogP contribution >= 0.6 is 11.9 Å². The maximum atomic E-state index is 5.37. The number of allylic oxidation sites excluding steroid dienone is 2. The molecule has 0 aromatic heterocycles. The Hall–Kier alpha value is -2.08. The van der Waals surface area contributed by atoms with Gasteiger partial charge < -0.3 is 19.7 Å². The Bertz CT molecular complexity index is 612. The van der Waals surface area contributed by atoms with Crippen LogP contribution in [-0.2, 0) is 0 Å². The number of benzene rings is 1. The van der Waals surface area contributed by atoms with Gasteiger partial charge in [-0.15, -0.1) is 0 Å². The van der Waals surface area contributed by atoms with Crippen LogP contribution in [0.2, 0.25) is 0 Å². The molecular formula is C13H11N3O2S. The van der Waals surface area contributed by atoms with Crippen molar-refractivity contribution in [1.29, 1.82) is 0 Å². The van der Waals surface area contributed by atoms with Crippen molar-refractivity contribution in [2.45, 2.75) is 5.50 Å². The summed E-state index contributed by atoms with van der Waals surface area (Å²) in [5.74, 6) is 2.54. The molecule has 0 amide bonds. The molecule has 5 nitrogen and oxygen atoms in total. The Morgan fingerprint density at radius 1 is 1.26 bits per heavy atom. The summed E-state index contributed by atoms with van der Waals surface area (Å²) < 4.78 is 15.1. The molecule has 0 saturated carbocycles. The fourth-order valence-corrected chi connectivity index (χ4v) is 2.93. The lowest BCUT2D eigenvalue weighted by atomic mass is 10.3. The van der Waals surface area contributed by atoms with Crippen LogP contribution in [0.25, 0.3) is 0 Å². The Labute approximate surface area is 114 Å². The van der Waals surface area contributed by atoms with E-state index in [9.17, 15) is 0 Å². The Kier molecular flexibility index (Phi) is 2.41. The monoisotopic (exact) mass is 273 g/mol. The number of ether oxygens (including phenoxy) is 2. The van der Waals surface area contributed by atoms with Crippen molar-refractivity contribution in [1.82, 2.24) is 4.90 Å². The third kappa shape index (κ3) is 1.84. The van der Waals surface area contributed by atoms with Crippen molar-refractivity contribution in [3.8, 4) is 11.5 Å². The number of nitrogens with zero attached hydrogens (tertiary/aromatic N) is 2. The van der Waals surface area contributed by atoms with E-state index in [0.717, 1.165) is 23.0 Å². The molecule has 0 bridgehead atoms. The van der Waals surface area contributed by atoms with Crippen molar-refractivity contribution in [2.75, 3.05) is 12.1 Å². The second-order valence-corrected chi connectivity index (χ2v) is 5.07. The molecule has 6 heteroatoms. The third-order valence-corrected chi connectivity index (χ3v) is 3.87.